The van der Waals surface area contributed by atoms with Gasteiger partial charge in [0.2, 0.25) is 5.95 Å². The lowest BCUT2D eigenvalue weighted by molar-refractivity contribution is -0.00724. The second-order valence-electron chi connectivity index (χ2n) is 6.86. The summed E-state index contributed by atoms with van der Waals surface area (Å²) in [4.78, 5) is 24.8. The number of nitrogens with zero attached hydrogens (tertiary/aromatic N) is 4. The maximum atomic E-state index is 12.1. The van der Waals surface area contributed by atoms with Crippen molar-refractivity contribution in [3.63, 3.8) is 0 Å². The van der Waals surface area contributed by atoms with Gasteiger partial charge in [-0.05, 0) is 39.7 Å². The van der Waals surface area contributed by atoms with Crippen LogP contribution in [0.2, 0.25) is 0 Å². The van der Waals surface area contributed by atoms with Gasteiger partial charge in [-0.15, -0.1) is 0 Å². The van der Waals surface area contributed by atoms with Crippen LogP contribution < -0.4 is 4.90 Å². The molecular weight excluding hydrogens is 268 g/mol. The predicted molar refractivity (Wildman–Crippen MR) is 79.2 cm³/mol. The van der Waals surface area contributed by atoms with Crippen molar-refractivity contribution in [2.75, 3.05) is 24.5 Å². The molecule has 0 saturated carbocycles. The van der Waals surface area contributed by atoms with Crippen molar-refractivity contribution < 1.29 is 9.53 Å². The Morgan fingerprint density at radius 1 is 1.29 bits per heavy atom. The van der Waals surface area contributed by atoms with Gasteiger partial charge in [-0.3, -0.25) is 0 Å². The van der Waals surface area contributed by atoms with Crippen LogP contribution in [0.4, 0.5) is 10.7 Å². The average Bonchev–Trinajstić information content (AvgIpc) is 2.80. The first-order valence-corrected chi connectivity index (χ1v) is 7.42. The van der Waals surface area contributed by atoms with Gasteiger partial charge in [0.15, 0.2) is 0 Å². The summed E-state index contributed by atoms with van der Waals surface area (Å²) in [6.45, 7) is 8.01. The molecule has 1 spiro atoms. The third-order valence-corrected chi connectivity index (χ3v) is 4.01. The maximum absolute atomic E-state index is 12.1. The van der Waals surface area contributed by atoms with E-state index in [-0.39, 0.29) is 11.6 Å². The topological polar surface area (TPSA) is 58.6 Å². The standard InChI is InChI=1S/C15H22N4O2/c1-14(2,3)21-13(20)18-10-15(11-18)6-4-9-19(15)12-16-7-5-8-17-12/h5,7-8H,4,6,9-11H2,1-3H3. The van der Waals surface area contributed by atoms with Crippen LogP contribution in [0.3, 0.4) is 0 Å². The molecule has 0 N–H and O–H groups in total. The van der Waals surface area contributed by atoms with E-state index in [0.29, 0.717) is 13.1 Å². The minimum atomic E-state index is -0.447. The molecule has 2 aliphatic heterocycles. The lowest BCUT2D eigenvalue weighted by atomic mass is 9.87. The van der Waals surface area contributed by atoms with Gasteiger partial charge in [-0.25, -0.2) is 14.8 Å². The Morgan fingerprint density at radius 3 is 2.57 bits per heavy atom. The highest BCUT2D eigenvalue weighted by molar-refractivity contribution is 5.70. The van der Waals surface area contributed by atoms with Crippen molar-refractivity contribution in [2.24, 2.45) is 0 Å². The molecule has 21 heavy (non-hydrogen) atoms. The number of ether oxygens (including phenoxy) is 1. The van der Waals surface area contributed by atoms with E-state index in [1.165, 1.54) is 0 Å². The number of carbonyl (C=O) groups excluding carboxylic acids is 1. The summed E-state index contributed by atoms with van der Waals surface area (Å²) in [7, 11) is 0. The molecule has 0 atom stereocenters. The lowest BCUT2D eigenvalue weighted by Crippen LogP contribution is -2.69. The second kappa shape index (κ2) is 4.86. The number of hydrogen-bond donors (Lipinski definition) is 0. The van der Waals surface area contributed by atoms with E-state index in [9.17, 15) is 4.79 Å². The molecule has 0 radical (unpaired) electrons. The van der Waals surface area contributed by atoms with Gasteiger partial charge >= 0.3 is 6.09 Å². The summed E-state index contributed by atoms with van der Waals surface area (Å²) in [5.74, 6) is 0.763. The van der Waals surface area contributed by atoms with Crippen LogP contribution >= 0.6 is 0 Å². The summed E-state index contributed by atoms with van der Waals surface area (Å²) < 4.78 is 5.42. The minimum absolute atomic E-state index is 0.00173. The van der Waals surface area contributed by atoms with E-state index in [1.54, 1.807) is 17.3 Å². The van der Waals surface area contributed by atoms with Crippen molar-refractivity contribution >= 4 is 12.0 Å². The van der Waals surface area contributed by atoms with E-state index in [0.717, 1.165) is 25.3 Å². The van der Waals surface area contributed by atoms with Crippen LogP contribution in [0, 0.1) is 0 Å². The molecule has 0 unspecified atom stereocenters. The minimum Gasteiger partial charge on any atom is -0.444 e. The number of aromatic nitrogens is 2. The van der Waals surface area contributed by atoms with Crippen LogP contribution in [0.5, 0.6) is 0 Å². The van der Waals surface area contributed by atoms with Gasteiger partial charge in [0.1, 0.15) is 5.60 Å². The molecule has 0 bridgehead atoms. The summed E-state index contributed by atoms with van der Waals surface area (Å²) >= 11 is 0. The third-order valence-electron chi connectivity index (χ3n) is 4.01. The molecule has 6 heteroatoms. The van der Waals surface area contributed by atoms with Crippen molar-refractivity contribution in [1.29, 1.82) is 0 Å². The van der Waals surface area contributed by atoms with Crippen LogP contribution in [-0.2, 0) is 4.74 Å². The molecule has 6 nitrogen and oxygen atoms in total. The molecule has 2 fully saturated rings. The molecule has 2 aliphatic rings. The highest BCUT2D eigenvalue weighted by atomic mass is 16.6. The summed E-state index contributed by atoms with van der Waals surface area (Å²) in [6, 6.07) is 1.82. The number of hydrogen-bond acceptors (Lipinski definition) is 5. The molecule has 0 aliphatic carbocycles. The maximum Gasteiger partial charge on any atom is 0.410 e. The average molecular weight is 290 g/mol. The molecule has 3 heterocycles. The van der Waals surface area contributed by atoms with Gasteiger partial charge in [0, 0.05) is 32.0 Å². The fourth-order valence-corrected chi connectivity index (χ4v) is 3.13. The predicted octanol–water partition coefficient (Wildman–Crippen LogP) is 2.07. The first kappa shape index (κ1) is 14.1. The largest absolute Gasteiger partial charge is 0.444 e. The first-order valence-electron chi connectivity index (χ1n) is 7.42. The number of carbonyl (C=O) groups is 1. The van der Waals surface area contributed by atoms with Gasteiger partial charge in [-0.1, -0.05) is 0 Å². The highest BCUT2D eigenvalue weighted by Crippen LogP contribution is 2.39. The molecule has 114 valence electrons. The van der Waals surface area contributed by atoms with E-state index < -0.39 is 5.60 Å². The zero-order chi connectivity index (χ0) is 15.1. The van der Waals surface area contributed by atoms with Crippen LogP contribution in [-0.4, -0.2) is 51.7 Å². The quantitative estimate of drug-likeness (QED) is 0.792. The Hall–Kier alpha value is -1.85. The van der Waals surface area contributed by atoms with Crippen LogP contribution in [0.1, 0.15) is 33.6 Å². The van der Waals surface area contributed by atoms with Crippen molar-refractivity contribution in [2.45, 2.75) is 44.8 Å². The highest BCUT2D eigenvalue weighted by Gasteiger charge is 2.53. The molecular formula is C15H22N4O2. The van der Waals surface area contributed by atoms with E-state index in [1.807, 2.05) is 26.8 Å². The Bertz CT molecular complexity index is 520. The molecule has 0 aromatic carbocycles. The Kier molecular flexibility index (Phi) is 3.26. The van der Waals surface area contributed by atoms with Crippen molar-refractivity contribution in [3.05, 3.63) is 18.5 Å². The molecule has 3 rings (SSSR count). The van der Waals surface area contributed by atoms with Crippen LogP contribution in [0.15, 0.2) is 18.5 Å². The smallest absolute Gasteiger partial charge is 0.410 e. The second-order valence-corrected chi connectivity index (χ2v) is 6.86. The van der Waals surface area contributed by atoms with E-state index in [2.05, 4.69) is 14.9 Å². The van der Waals surface area contributed by atoms with E-state index >= 15 is 0 Å². The summed E-state index contributed by atoms with van der Waals surface area (Å²) in [6.07, 6.45) is 5.48. The molecule has 1 aromatic heterocycles. The third kappa shape index (κ3) is 2.66. The van der Waals surface area contributed by atoms with Gasteiger partial charge in [0.05, 0.1) is 5.54 Å². The lowest BCUT2D eigenvalue weighted by Gasteiger charge is -2.52. The molecule has 1 amide bonds. The van der Waals surface area contributed by atoms with E-state index in [4.69, 9.17) is 4.74 Å². The number of likely N-dealkylation sites (tertiary alicyclic amines) is 1. The molecule has 1 aromatic rings. The zero-order valence-corrected chi connectivity index (χ0v) is 12.9. The normalized spacial score (nSPS) is 20.5. The summed E-state index contributed by atoms with van der Waals surface area (Å²) in [5.41, 5.74) is -0.448. The monoisotopic (exact) mass is 290 g/mol. The Morgan fingerprint density at radius 2 is 1.95 bits per heavy atom. The summed E-state index contributed by atoms with van der Waals surface area (Å²) in [5, 5.41) is 0. The van der Waals surface area contributed by atoms with Crippen molar-refractivity contribution in [1.82, 2.24) is 14.9 Å². The first-order chi connectivity index (χ1) is 9.90. The molecule has 2 saturated heterocycles. The van der Waals surface area contributed by atoms with Crippen LogP contribution in [0.25, 0.3) is 0 Å². The van der Waals surface area contributed by atoms with Gasteiger partial charge < -0.3 is 14.5 Å². The fourth-order valence-electron chi connectivity index (χ4n) is 3.13. The number of rotatable bonds is 1. The number of amides is 1. The number of anilines is 1. The van der Waals surface area contributed by atoms with Gasteiger partial charge in [-0.2, -0.15) is 0 Å². The Labute approximate surface area is 125 Å². The SMILES string of the molecule is CC(C)(C)OC(=O)N1CC2(CCCN2c2ncccn2)C1. The van der Waals surface area contributed by atoms with Crippen molar-refractivity contribution in [3.8, 4) is 0 Å². The fraction of sp³-hybridized carbons (Fsp3) is 0.667. The Balaban J connectivity index is 1.67. The zero-order valence-electron chi connectivity index (χ0n) is 12.9. The van der Waals surface area contributed by atoms with Gasteiger partial charge in [0.25, 0.3) is 0 Å².